The van der Waals surface area contributed by atoms with E-state index in [2.05, 4.69) is 15.9 Å². The van der Waals surface area contributed by atoms with Gasteiger partial charge in [0.1, 0.15) is 0 Å². The quantitative estimate of drug-likeness (QED) is 0.130. The Kier molecular flexibility index (Phi) is 18.9. The normalized spacial score (nSPS) is 12.0. The van der Waals surface area contributed by atoms with Crippen molar-refractivity contribution in [2.45, 2.75) is 109 Å². The molecule has 0 saturated carbocycles. The van der Waals surface area contributed by atoms with E-state index < -0.39 is 7.60 Å². The van der Waals surface area contributed by atoms with E-state index in [9.17, 15) is 4.57 Å². The summed E-state index contributed by atoms with van der Waals surface area (Å²) in [5.74, 6) is 0. The van der Waals surface area contributed by atoms with Crippen molar-refractivity contribution in [1.82, 2.24) is 0 Å². The van der Waals surface area contributed by atoms with Crippen LogP contribution >= 0.6 is 23.5 Å². The van der Waals surface area contributed by atoms with Crippen molar-refractivity contribution in [2.24, 2.45) is 0 Å². The number of halogens is 1. The first-order valence-corrected chi connectivity index (χ1v) is 13.1. The van der Waals surface area contributed by atoms with Gasteiger partial charge in [-0.15, -0.1) is 0 Å². The van der Waals surface area contributed by atoms with Gasteiger partial charge in [-0.25, -0.2) is 0 Å². The predicted octanol–water partition coefficient (Wildman–Crippen LogP) is 7.19. The van der Waals surface area contributed by atoms with E-state index in [-0.39, 0.29) is 6.16 Å². The fourth-order valence-corrected chi connectivity index (χ4v) is 4.10. The van der Waals surface area contributed by atoms with Gasteiger partial charge >= 0.3 is 7.60 Å². The Labute approximate surface area is 158 Å². The Morgan fingerprint density at radius 3 is 1.00 bits per heavy atom. The van der Waals surface area contributed by atoms with E-state index in [1.54, 1.807) is 0 Å². The Morgan fingerprint density at radius 2 is 0.750 bits per heavy atom. The second kappa shape index (κ2) is 18.4. The van der Waals surface area contributed by atoms with Crippen LogP contribution < -0.4 is 0 Å². The third-order valence-electron chi connectivity index (χ3n) is 4.58. The molecule has 146 valence electrons. The maximum atomic E-state index is 10.7. The topological polar surface area (TPSA) is 57.5 Å². The van der Waals surface area contributed by atoms with Crippen LogP contribution in [0, 0.1) is 0 Å². The molecule has 0 aliphatic heterocycles. The van der Waals surface area contributed by atoms with Gasteiger partial charge in [-0.3, -0.25) is 4.57 Å². The lowest BCUT2D eigenvalue weighted by molar-refractivity contribution is 0.370. The summed E-state index contributed by atoms with van der Waals surface area (Å²) in [6.07, 6.45) is 22.0. The van der Waals surface area contributed by atoms with Crippen molar-refractivity contribution in [2.75, 3.05) is 11.5 Å². The highest BCUT2D eigenvalue weighted by molar-refractivity contribution is 9.09. The van der Waals surface area contributed by atoms with Crippen LogP contribution in [0.25, 0.3) is 0 Å². The number of hydrogen-bond acceptors (Lipinski definition) is 1. The van der Waals surface area contributed by atoms with Crippen LogP contribution in [0.15, 0.2) is 0 Å². The predicted molar refractivity (Wildman–Crippen MR) is 109 cm³/mol. The van der Waals surface area contributed by atoms with Crippen molar-refractivity contribution in [3.63, 3.8) is 0 Å². The highest BCUT2D eigenvalue weighted by atomic mass is 79.9. The van der Waals surface area contributed by atoms with E-state index >= 15 is 0 Å². The molecule has 0 aromatic rings. The zero-order valence-corrected chi connectivity index (χ0v) is 18.0. The molecule has 0 aliphatic rings. The molecule has 0 radical (unpaired) electrons. The van der Waals surface area contributed by atoms with Gasteiger partial charge in [0.2, 0.25) is 0 Å². The minimum Gasteiger partial charge on any atom is -0.324 e. The second-order valence-electron chi connectivity index (χ2n) is 7.09. The zero-order valence-electron chi connectivity index (χ0n) is 15.6. The third kappa shape index (κ3) is 22.6. The molecule has 0 heterocycles. The van der Waals surface area contributed by atoms with Crippen molar-refractivity contribution >= 4 is 23.5 Å². The standard InChI is InChI=1S/C19H40BrO3P/c20-18-16-14-12-10-8-6-4-2-1-3-5-7-9-11-13-15-17-19-24(21,22)23/h1-19H2,(H2,21,22,23). The van der Waals surface area contributed by atoms with Crippen LogP contribution in [-0.2, 0) is 4.57 Å². The zero-order chi connectivity index (χ0) is 17.9. The van der Waals surface area contributed by atoms with Crippen LogP contribution in [0.1, 0.15) is 109 Å². The Morgan fingerprint density at radius 1 is 0.500 bits per heavy atom. The smallest absolute Gasteiger partial charge is 0.324 e. The average Bonchev–Trinajstić information content (AvgIpc) is 2.52. The van der Waals surface area contributed by atoms with Crippen LogP contribution in [0.4, 0.5) is 0 Å². The molecule has 0 aromatic heterocycles. The number of alkyl halides is 1. The highest BCUT2D eigenvalue weighted by Gasteiger charge is 2.10. The first-order chi connectivity index (χ1) is 11.6. The maximum absolute atomic E-state index is 10.7. The van der Waals surface area contributed by atoms with E-state index in [0.717, 1.165) is 18.2 Å². The molecule has 0 aromatic carbocycles. The van der Waals surface area contributed by atoms with Crippen molar-refractivity contribution < 1.29 is 14.4 Å². The number of rotatable bonds is 19. The average molecular weight is 427 g/mol. The van der Waals surface area contributed by atoms with Crippen molar-refractivity contribution in [3.8, 4) is 0 Å². The molecule has 0 bridgehead atoms. The third-order valence-corrected chi connectivity index (χ3v) is 6.04. The summed E-state index contributed by atoms with van der Waals surface area (Å²) in [6, 6.07) is 0. The first kappa shape index (κ1) is 24.6. The van der Waals surface area contributed by atoms with Crippen LogP contribution in [0.3, 0.4) is 0 Å². The highest BCUT2D eigenvalue weighted by Crippen LogP contribution is 2.35. The summed E-state index contributed by atoms with van der Waals surface area (Å²) in [6.45, 7) is 0. The molecule has 0 unspecified atom stereocenters. The van der Waals surface area contributed by atoms with Gasteiger partial charge in [-0.05, 0) is 12.8 Å². The SMILES string of the molecule is O=P(O)(O)CCCCCCCCCCCCCCCCCCCBr. The van der Waals surface area contributed by atoms with E-state index in [1.807, 2.05) is 0 Å². The molecular weight excluding hydrogens is 387 g/mol. The second-order valence-corrected chi connectivity index (χ2v) is 9.66. The lowest BCUT2D eigenvalue weighted by Gasteiger charge is -2.04. The summed E-state index contributed by atoms with van der Waals surface area (Å²) < 4.78 is 10.7. The molecular formula is C19H40BrO3P. The van der Waals surface area contributed by atoms with Crippen LogP contribution in [0.5, 0.6) is 0 Å². The van der Waals surface area contributed by atoms with E-state index in [0.29, 0.717) is 6.42 Å². The maximum Gasteiger partial charge on any atom is 0.325 e. The molecule has 0 amide bonds. The minimum absolute atomic E-state index is 0.0594. The monoisotopic (exact) mass is 426 g/mol. The Bertz CT molecular complexity index is 294. The van der Waals surface area contributed by atoms with Crippen molar-refractivity contribution in [1.29, 1.82) is 0 Å². The first-order valence-electron chi connectivity index (χ1n) is 10.2. The fraction of sp³-hybridized carbons (Fsp3) is 1.00. The Balaban J connectivity index is 3.02. The molecule has 5 heteroatoms. The Hall–Kier alpha value is 0.630. The fourth-order valence-electron chi connectivity index (χ4n) is 3.06. The molecule has 0 saturated heterocycles. The van der Waals surface area contributed by atoms with Gasteiger partial charge in [-0.1, -0.05) is 112 Å². The lowest BCUT2D eigenvalue weighted by Crippen LogP contribution is -1.88. The van der Waals surface area contributed by atoms with Crippen molar-refractivity contribution in [3.05, 3.63) is 0 Å². The number of hydrogen-bond donors (Lipinski definition) is 2. The molecule has 0 atom stereocenters. The van der Waals surface area contributed by atoms with Gasteiger partial charge in [0.05, 0.1) is 0 Å². The molecule has 3 nitrogen and oxygen atoms in total. The summed E-state index contributed by atoms with van der Waals surface area (Å²) in [5.41, 5.74) is 0. The van der Waals surface area contributed by atoms with Crippen LogP contribution in [-0.4, -0.2) is 21.3 Å². The molecule has 24 heavy (non-hydrogen) atoms. The lowest BCUT2D eigenvalue weighted by atomic mass is 10.0. The van der Waals surface area contributed by atoms with Gasteiger partial charge in [0.15, 0.2) is 0 Å². The summed E-state index contributed by atoms with van der Waals surface area (Å²) in [4.78, 5) is 17.5. The molecule has 0 rings (SSSR count). The summed E-state index contributed by atoms with van der Waals surface area (Å²) >= 11 is 3.48. The van der Waals surface area contributed by atoms with Gasteiger partial charge in [0, 0.05) is 11.5 Å². The number of unbranched alkanes of at least 4 members (excludes halogenated alkanes) is 16. The van der Waals surface area contributed by atoms with Gasteiger partial charge in [0.25, 0.3) is 0 Å². The molecule has 0 spiro atoms. The summed E-state index contributed by atoms with van der Waals surface area (Å²) in [7, 11) is -3.76. The minimum atomic E-state index is -3.76. The van der Waals surface area contributed by atoms with Gasteiger partial charge in [-0.2, -0.15) is 0 Å². The molecule has 0 aliphatic carbocycles. The summed E-state index contributed by atoms with van der Waals surface area (Å²) in [5, 5.41) is 1.16. The van der Waals surface area contributed by atoms with Crippen LogP contribution in [0.2, 0.25) is 0 Å². The molecule has 2 N–H and O–H groups in total. The van der Waals surface area contributed by atoms with E-state index in [1.165, 1.54) is 89.9 Å². The molecule has 0 fully saturated rings. The largest absolute Gasteiger partial charge is 0.325 e. The van der Waals surface area contributed by atoms with Gasteiger partial charge < -0.3 is 9.79 Å². The van der Waals surface area contributed by atoms with E-state index in [4.69, 9.17) is 9.79 Å².